The number of carbonyl (C=O) groups is 2. The van der Waals surface area contributed by atoms with E-state index >= 15 is 0 Å². The molecule has 1 heterocycles. The van der Waals surface area contributed by atoms with Gasteiger partial charge in [0.05, 0.1) is 26.2 Å². The summed E-state index contributed by atoms with van der Waals surface area (Å²) in [5.41, 5.74) is 3.23. The molecular formula is C28H30N2O4. The van der Waals surface area contributed by atoms with Gasteiger partial charge in [-0.1, -0.05) is 48.5 Å². The van der Waals surface area contributed by atoms with Gasteiger partial charge in [-0.05, 0) is 54.3 Å². The lowest BCUT2D eigenvalue weighted by Crippen LogP contribution is -2.32. The Morgan fingerprint density at radius 1 is 1.00 bits per heavy atom. The van der Waals surface area contributed by atoms with Gasteiger partial charge in [0.1, 0.15) is 5.75 Å². The summed E-state index contributed by atoms with van der Waals surface area (Å²) in [6, 6.07) is 24.6. The molecule has 1 atom stereocenters. The number of carbonyl (C=O) groups excluding carboxylic acids is 2. The molecule has 34 heavy (non-hydrogen) atoms. The number of ether oxygens (including phenoxy) is 2. The van der Waals surface area contributed by atoms with E-state index < -0.39 is 0 Å². The molecule has 1 aliphatic heterocycles. The van der Waals surface area contributed by atoms with Crippen LogP contribution < -0.4 is 15.0 Å². The van der Waals surface area contributed by atoms with Gasteiger partial charge in [-0.25, -0.2) is 0 Å². The maximum Gasteiger partial charge on any atom is 0.258 e. The van der Waals surface area contributed by atoms with Gasteiger partial charge in [-0.3, -0.25) is 9.59 Å². The molecule has 0 aliphatic carbocycles. The van der Waals surface area contributed by atoms with E-state index in [0.717, 1.165) is 36.3 Å². The summed E-state index contributed by atoms with van der Waals surface area (Å²) in [5, 5.41) is 2.95. The number of hydrogen-bond donors (Lipinski definition) is 1. The number of rotatable bonds is 9. The smallest absolute Gasteiger partial charge is 0.258 e. The van der Waals surface area contributed by atoms with E-state index in [9.17, 15) is 9.59 Å². The summed E-state index contributed by atoms with van der Waals surface area (Å²) in [6.07, 6.45) is 2.46. The van der Waals surface area contributed by atoms with Crippen LogP contribution in [0.2, 0.25) is 0 Å². The second-order valence-corrected chi connectivity index (χ2v) is 8.39. The van der Waals surface area contributed by atoms with E-state index in [1.165, 1.54) is 0 Å². The number of anilines is 1. The molecule has 1 aliphatic rings. The van der Waals surface area contributed by atoms with Crippen molar-refractivity contribution in [2.24, 2.45) is 0 Å². The average Bonchev–Trinajstić information content (AvgIpc) is 3.41. The fraction of sp³-hybridized carbons (Fsp3) is 0.286. The molecule has 176 valence electrons. The van der Waals surface area contributed by atoms with Crippen LogP contribution >= 0.6 is 0 Å². The minimum atomic E-state index is -0.121. The van der Waals surface area contributed by atoms with Crippen LogP contribution in [0.5, 0.6) is 5.75 Å². The largest absolute Gasteiger partial charge is 0.497 e. The van der Waals surface area contributed by atoms with Gasteiger partial charge in [0, 0.05) is 24.4 Å². The van der Waals surface area contributed by atoms with E-state index in [0.29, 0.717) is 24.4 Å². The van der Waals surface area contributed by atoms with Gasteiger partial charge in [0.15, 0.2) is 0 Å². The average molecular weight is 459 g/mol. The van der Waals surface area contributed by atoms with E-state index in [2.05, 4.69) is 5.32 Å². The van der Waals surface area contributed by atoms with Gasteiger partial charge >= 0.3 is 0 Å². The molecule has 1 N–H and O–H groups in total. The minimum absolute atomic E-state index is 0.0307. The van der Waals surface area contributed by atoms with Crippen molar-refractivity contribution in [1.29, 1.82) is 0 Å². The maximum absolute atomic E-state index is 13.5. The third kappa shape index (κ3) is 6.23. The van der Waals surface area contributed by atoms with Crippen molar-refractivity contribution in [3.8, 4) is 5.75 Å². The Hall–Kier alpha value is -3.64. The van der Waals surface area contributed by atoms with Gasteiger partial charge < -0.3 is 19.7 Å². The summed E-state index contributed by atoms with van der Waals surface area (Å²) in [5.74, 6) is 0.483. The lowest BCUT2D eigenvalue weighted by molar-refractivity contribution is -0.120. The molecule has 1 fully saturated rings. The molecule has 3 aromatic rings. The van der Waals surface area contributed by atoms with Crippen molar-refractivity contribution < 1.29 is 19.1 Å². The summed E-state index contributed by atoms with van der Waals surface area (Å²) in [4.78, 5) is 27.6. The quantitative estimate of drug-likeness (QED) is 0.517. The van der Waals surface area contributed by atoms with Gasteiger partial charge in [0.25, 0.3) is 5.91 Å². The monoisotopic (exact) mass is 458 g/mol. The highest BCUT2D eigenvalue weighted by atomic mass is 16.5. The van der Waals surface area contributed by atoms with Gasteiger partial charge in [0.2, 0.25) is 5.91 Å². The summed E-state index contributed by atoms with van der Waals surface area (Å²) in [7, 11) is 1.58. The highest BCUT2D eigenvalue weighted by Crippen LogP contribution is 2.23. The van der Waals surface area contributed by atoms with Crippen LogP contribution in [0, 0.1) is 0 Å². The first-order chi connectivity index (χ1) is 16.6. The lowest BCUT2D eigenvalue weighted by Gasteiger charge is -2.24. The number of benzene rings is 3. The summed E-state index contributed by atoms with van der Waals surface area (Å²) < 4.78 is 10.9. The highest BCUT2D eigenvalue weighted by Gasteiger charge is 2.20. The van der Waals surface area contributed by atoms with Crippen molar-refractivity contribution in [2.45, 2.75) is 31.9 Å². The van der Waals surface area contributed by atoms with Crippen LogP contribution in [0.1, 0.15) is 34.3 Å². The second kappa shape index (κ2) is 11.5. The molecule has 0 unspecified atom stereocenters. The van der Waals surface area contributed by atoms with Gasteiger partial charge in [-0.15, -0.1) is 0 Å². The van der Waals surface area contributed by atoms with E-state index in [-0.39, 0.29) is 24.3 Å². The molecule has 0 bridgehead atoms. The number of nitrogens with zero attached hydrogens (tertiary/aromatic N) is 1. The van der Waals surface area contributed by atoms with Crippen LogP contribution in [0.4, 0.5) is 5.69 Å². The van der Waals surface area contributed by atoms with Crippen molar-refractivity contribution >= 4 is 17.5 Å². The first kappa shape index (κ1) is 23.5. The number of hydrogen-bond acceptors (Lipinski definition) is 4. The standard InChI is InChI=1S/C28H30N2O4/c1-33-25-10-5-9-23(18-25)28(32)30(20-22-7-3-2-4-8-22)24-14-12-21(13-15-24)17-27(31)29-19-26-11-6-16-34-26/h2-5,7-10,12-15,18,26H,6,11,16-17,19-20H2,1H3,(H,29,31)/t26-/m1/s1. The van der Waals surface area contributed by atoms with Crippen LogP contribution in [0.3, 0.4) is 0 Å². The fourth-order valence-corrected chi connectivity index (χ4v) is 4.03. The highest BCUT2D eigenvalue weighted by molar-refractivity contribution is 6.06. The Bertz CT molecular complexity index is 1090. The van der Waals surface area contributed by atoms with Crippen LogP contribution in [0.15, 0.2) is 78.9 Å². The minimum Gasteiger partial charge on any atom is -0.497 e. The number of methoxy groups -OCH3 is 1. The van der Waals surface area contributed by atoms with Crippen LogP contribution in [-0.2, 0) is 22.5 Å². The molecule has 6 nitrogen and oxygen atoms in total. The summed E-state index contributed by atoms with van der Waals surface area (Å²) >= 11 is 0. The molecule has 3 aromatic carbocycles. The zero-order chi connectivity index (χ0) is 23.8. The number of nitrogens with one attached hydrogen (secondary N) is 1. The third-order valence-corrected chi connectivity index (χ3v) is 5.91. The molecule has 2 amide bonds. The molecular weight excluding hydrogens is 428 g/mol. The molecule has 0 saturated carbocycles. The topological polar surface area (TPSA) is 67.9 Å². The Balaban J connectivity index is 1.48. The molecule has 0 aromatic heterocycles. The Morgan fingerprint density at radius 2 is 1.79 bits per heavy atom. The Labute approximate surface area is 200 Å². The first-order valence-electron chi connectivity index (χ1n) is 11.6. The van der Waals surface area contributed by atoms with Crippen LogP contribution in [-0.4, -0.2) is 38.2 Å². The van der Waals surface area contributed by atoms with Crippen molar-refractivity contribution in [3.05, 3.63) is 95.6 Å². The zero-order valence-electron chi connectivity index (χ0n) is 19.4. The Morgan fingerprint density at radius 3 is 2.50 bits per heavy atom. The second-order valence-electron chi connectivity index (χ2n) is 8.39. The molecule has 0 spiro atoms. The fourth-order valence-electron chi connectivity index (χ4n) is 4.03. The molecule has 4 rings (SSSR count). The normalized spacial score (nSPS) is 15.0. The molecule has 0 radical (unpaired) electrons. The lowest BCUT2D eigenvalue weighted by atomic mass is 10.1. The first-order valence-corrected chi connectivity index (χ1v) is 11.6. The molecule has 6 heteroatoms. The van der Waals surface area contributed by atoms with E-state index in [1.807, 2.05) is 66.7 Å². The van der Waals surface area contributed by atoms with Crippen LogP contribution in [0.25, 0.3) is 0 Å². The maximum atomic E-state index is 13.5. The van der Waals surface area contributed by atoms with Crippen molar-refractivity contribution in [2.75, 3.05) is 25.2 Å². The molecule has 1 saturated heterocycles. The predicted molar refractivity (Wildman–Crippen MR) is 132 cm³/mol. The zero-order valence-corrected chi connectivity index (χ0v) is 19.4. The van der Waals surface area contributed by atoms with E-state index in [1.54, 1.807) is 24.1 Å². The van der Waals surface area contributed by atoms with Crippen molar-refractivity contribution in [1.82, 2.24) is 5.32 Å². The summed E-state index contributed by atoms with van der Waals surface area (Å²) in [6.45, 7) is 1.75. The van der Waals surface area contributed by atoms with E-state index in [4.69, 9.17) is 9.47 Å². The van der Waals surface area contributed by atoms with Crippen molar-refractivity contribution in [3.63, 3.8) is 0 Å². The van der Waals surface area contributed by atoms with Gasteiger partial charge in [-0.2, -0.15) is 0 Å². The SMILES string of the molecule is COc1cccc(C(=O)N(Cc2ccccc2)c2ccc(CC(=O)NC[C@H]3CCCO3)cc2)c1. The number of amides is 2. The predicted octanol–water partition coefficient (Wildman–Crippen LogP) is 4.38. The third-order valence-electron chi connectivity index (χ3n) is 5.91. The Kier molecular flexibility index (Phi) is 7.94.